The number of rotatable bonds is 2. The highest BCUT2D eigenvalue weighted by molar-refractivity contribution is 8.48. The third-order valence-electron chi connectivity index (χ3n) is 0.768. The van der Waals surface area contributed by atoms with E-state index in [1.54, 1.807) is 0 Å². The lowest BCUT2D eigenvalue weighted by Gasteiger charge is -2.44. The zero-order valence-corrected chi connectivity index (χ0v) is 7.40. The van der Waals surface area contributed by atoms with E-state index in [2.05, 4.69) is 25.0 Å². The van der Waals surface area contributed by atoms with Crippen molar-refractivity contribution in [2.24, 2.45) is 0 Å². The van der Waals surface area contributed by atoms with Crippen LogP contribution < -0.4 is 0 Å². The molecular formula is C6H18MgO2S. The minimum atomic E-state index is -1.77. The van der Waals surface area contributed by atoms with E-state index in [0.717, 1.165) is 0 Å². The summed E-state index contributed by atoms with van der Waals surface area (Å²) >= 11 is 0. The molecule has 2 nitrogen and oxygen atoms in total. The summed E-state index contributed by atoms with van der Waals surface area (Å²) in [7, 11) is -1.77. The van der Waals surface area contributed by atoms with E-state index in [0.29, 0.717) is 5.75 Å². The fourth-order valence-corrected chi connectivity index (χ4v) is 1.62. The van der Waals surface area contributed by atoms with Crippen molar-refractivity contribution in [3.63, 3.8) is 0 Å². The Morgan fingerprint density at radius 3 is 1.60 bits per heavy atom. The molecule has 0 fully saturated rings. The zero-order chi connectivity index (χ0) is 7.73. The van der Waals surface area contributed by atoms with Crippen molar-refractivity contribution >= 4 is 38.2 Å². The molecule has 0 aromatic rings. The molecule has 0 heterocycles. The van der Waals surface area contributed by atoms with E-state index in [-0.39, 0.29) is 23.1 Å². The van der Waals surface area contributed by atoms with Gasteiger partial charge in [-0.2, -0.15) is 0 Å². The predicted molar refractivity (Wildman–Crippen MR) is 53.7 cm³/mol. The molecule has 10 heavy (non-hydrogen) atoms. The second-order valence-corrected chi connectivity index (χ2v) is 12.7. The maximum Gasteiger partial charge on any atom is 0.316 e. The van der Waals surface area contributed by atoms with Crippen molar-refractivity contribution < 1.29 is 9.90 Å². The molecule has 0 aromatic heterocycles. The molecule has 0 bridgehead atoms. The second-order valence-electron chi connectivity index (χ2n) is 4.50. The van der Waals surface area contributed by atoms with Crippen LogP contribution in [0.4, 0.5) is 0 Å². The molecule has 62 valence electrons. The Morgan fingerprint density at radius 2 is 1.60 bits per heavy atom. The van der Waals surface area contributed by atoms with Crippen molar-refractivity contribution in [1.29, 1.82) is 0 Å². The van der Waals surface area contributed by atoms with E-state index in [4.69, 9.17) is 5.11 Å². The van der Waals surface area contributed by atoms with Gasteiger partial charge in [0.05, 0.1) is 5.75 Å². The van der Waals surface area contributed by atoms with E-state index in [9.17, 15) is 4.79 Å². The molecule has 0 aliphatic heterocycles. The minimum absolute atomic E-state index is 0. The van der Waals surface area contributed by atoms with Gasteiger partial charge in [0.15, 0.2) is 0 Å². The molecule has 0 spiro atoms. The summed E-state index contributed by atoms with van der Waals surface area (Å²) in [5.74, 6) is -0.339. The number of thiol groups is 1. The average molecular weight is 179 g/mol. The monoisotopic (exact) mass is 178 g/mol. The van der Waals surface area contributed by atoms with Crippen LogP contribution >= 0.6 is 9.16 Å². The van der Waals surface area contributed by atoms with Crippen LogP contribution in [0.25, 0.3) is 0 Å². The number of carbonyl (C=O) groups is 1. The van der Waals surface area contributed by atoms with Crippen LogP contribution in [-0.2, 0) is 4.79 Å². The molecule has 0 aliphatic carbocycles. The van der Waals surface area contributed by atoms with Crippen LogP contribution in [0.2, 0.25) is 0 Å². The highest BCUT2D eigenvalue weighted by Crippen LogP contribution is 2.54. The summed E-state index contributed by atoms with van der Waals surface area (Å²) in [5.41, 5.74) is 0. The Kier molecular flexibility index (Phi) is 4.38. The van der Waals surface area contributed by atoms with E-state index in [1.165, 1.54) is 0 Å². The van der Waals surface area contributed by atoms with E-state index < -0.39 is 15.1 Å². The van der Waals surface area contributed by atoms with Crippen LogP contribution in [0.3, 0.4) is 0 Å². The minimum Gasteiger partial charge on any atom is -0.481 e. The average Bonchev–Trinajstić information content (AvgIpc) is 1.16. The maximum absolute atomic E-state index is 10.3. The summed E-state index contributed by atoms with van der Waals surface area (Å²) < 4.78 is 0. The summed E-state index contributed by atoms with van der Waals surface area (Å²) in [4.78, 5) is 10.3. The summed E-state index contributed by atoms with van der Waals surface area (Å²) in [6.45, 7) is 0. The largest absolute Gasteiger partial charge is 0.481 e. The zero-order valence-electron chi connectivity index (χ0n) is 6.51. The SMILES string of the molecule is C[SH](C)(C)(C)CC(=O)O.[MgH2]. The molecule has 0 saturated carbocycles. The van der Waals surface area contributed by atoms with E-state index in [1.807, 2.05) is 0 Å². The Labute approximate surface area is 78.8 Å². The topological polar surface area (TPSA) is 37.3 Å². The fourth-order valence-electron chi connectivity index (χ4n) is 0.541. The Balaban J connectivity index is 0. The van der Waals surface area contributed by atoms with Gasteiger partial charge in [-0.25, -0.2) is 0 Å². The van der Waals surface area contributed by atoms with Gasteiger partial charge in [0.25, 0.3) is 0 Å². The van der Waals surface area contributed by atoms with Crippen LogP contribution in [0, 0.1) is 0 Å². The number of hydrogen-bond acceptors (Lipinski definition) is 1. The van der Waals surface area contributed by atoms with E-state index >= 15 is 0 Å². The molecule has 0 saturated heterocycles. The smallest absolute Gasteiger partial charge is 0.316 e. The van der Waals surface area contributed by atoms with Crippen LogP contribution in [-0.4, -0.2) is 64.9 Å². The van der Waals surface area contributed by atoms with Crippen LogP contribution in [0.5, 0.6) is 0 Å². The summed E-state index contributed by atoms with van der Waals surface area (Å²) in [5, 5.41) is 8.45. The lowest BCUT2D eigenvalue weighted by Crippen LogP contribution is -2.21. The summed E-state index contributed by atoms with van der Waals surface area (Å²) in [6, 6.07) is 0. The van der Waals surface area contributed by atoms with Gasteiger partial charge in [0.2, 0.25) is 0 Å². The quantitative estimate of drug-likeness (QED) is 0.452. The molecule has 0 radical (unpaired) electrons. The maximum atomic E-state index is 10.3. The highest BCUT2D eigenvalue weighted by atomic mass is 32.3. The van der Waals surface area contributed by atoms with Crippen LogP contribution in [0.1, 0.15) is 0 Å². The first-order valence-electron chi connectivity index (χ1n) is 2.89. The number of carboxylic acid groups (broad SMARTS) is 1. The molecular weight excluding hydrogens is 160 g/mol. The number of carboxylic acids is 1. The van der Waals surface area contributed by atoms with Gasteiger partial charge in [-0.3, -0.25) is 14.0 Å². The first-order chi connectivity index (χ1) is 3.67. The van der Waals surface area contributed by atoms with Gasteiger partial charge >= 0.3 is 29.0 Å². The molecule has 1 N–H and O–H groups in total. The molecule has 0 amide bonds. The normalized spacial score (nSPS) is 14.6. The first-order valence-corrected chi connectivity index (χ1v) is 7.10. The second kappa shape index (κ2) is 3.32. The number of hydrogen-bond donors (Lipinski definition) is 2. The Hall–Kier alpha value is 0.586. The summed E-state index contributed by atoms with van der Waals surface area (Å²) in [6.07, 6.45) is 8.22. The van der Waals surface area contributed by atoms with Crippen molar-refractivity contribution in [3.8, 4) is 0 Å². The molecule has 0 atom stereocenters. The fraction of sp³-hybridized carbons (Fsp3) is 0.833. The van der Waals surface area contributed by atoms with Gasteiger partial charge in [-0.05, 0) is 25.0 Å². The van der Waals surface area contributed by atoms with Crippen molar-refractivity contribution in [1.82, 2.24) is 0 Å². The van der Waals surface area contributed by atoms with Gasteiger partial charge in [-0.15, -0.1) is 0 Å². The van der Waals surface area contributed by atoms with Gasteiger partial charge in [-0.1, -0.05) is 0 Å². The lowest BCUT2D eigenvalue weighted by atomic mass is 10.8. The molecule has 0 unspecified atom stereocenters. The lowest BCUT2D eigenvalue weighted by molar-refractivity contribution is -0.133. The predicted octanol–water partition coefficient (Wildman–Crippen LogP) is -0.253. The van der Waals surface area contributed by atoms with Crippen molar-refractivity contribution in [3.05, 3.63) is 0 Å². The third kappa shape index (κ3) is 11.4. The molecule has 0 aromatic carbocycles. The third-order valence-corrected chi connectivity index (χ3v) is 2.30. The standard InChI is InChI=1S/C6H16O2S.Mg.2H/c1-9(2,3,4)5-6(7)8;;;/h9H,5H2,1-4H3,(H,7,8);;;. The van der Waals surface area contributed by atoms with Gasteiger partial charge < -0.3 is 5.11 Å². The van der Waals surface area contributed by atoms with Gasteiger partial charge in [0.1, 0.15) is 0 Å². The highest BCUT2D eigenvalue weighted by Gasteiger charge is 2.21. The van der Waals surface area contributed by atoms with Crippen molar-refractivity contribution in [2.75, 3.05) is 30.8 Å². The molecule has 4 heteroatoms. The van der Waals surface area contributed by atoms with Gasteiger partial charge in [0, 0.05) is 0 Å². The Bertz CT molecular complexity index is 127. The number of aliphatic carboxylic acids is 1. The van der Waals surface area contributed by atoms with Crippen LogP contribution in [0.15, 0.2) is 0 Å². The first kappa shape index (κ1) is 13.2. The van der Waals surface area contributed by atoms with Crippen molar-refractivity contribution in [2.45, 2.75) is 0 Å². The molecule has 0 aliphatic rings. The molecule has 0 rings (SSSR count). The Morgan fingerprint density at radius 1 is 1.30 bits per heavy atom.